The molecular formula is C38H36F2N6O5. The number of aromatic nitrogens is 4. The van der Waals surface area contributed by atoms with E-state index in [0.717, 1.165) is 17.4 Å². The standard InChI is InChI=1S/C38H36F2N6O5/c1-22(2)25-17-30(38(49)45(20-25)28-10-7-26(39)8-11-28)37(48)43-27-9-14-32(31(40)18-27)51-33-15-16-41-36-34(33)35(42-23(3)21-47)44-46(36)19-24-5-12-29(50-4)13-6-24/h5-18,20,22-23,47H,19,21H2,1-4H3,(H,42,44)(H,43,48)/t23-/m1/s1. The van der Waals surface area contributed by atoms with E-state index < -0.39 is 23.1 Å². The SMILES string of the molecule is COc1ccc(Cn2nc(N[C@H](C)CO)c3c(Oc4ccc(NC(=O)c5cc(C(C)C)cn(-c6ccc(F)cc6)c5=O)cc4F)ccnc32)cc1. The highest BCUT2D eigenvalue weighted by molar-refractivity contribution is 6.04. The van der Waals surface area contributed by atoms with E-state index in [1.54, 1.807) is 31.0 Å². The van der Waals surface area contributed by atoms with E-state index in [2.05, 4.69) is 15.6 Å². The molecule has 0 radical (unpaired) electrons. The maximum atomic E-state index is 15.6. The van der Waals surface area contributed by atoms with Crippen LogP contribution >= 0.6 is 0 Å². The van der Waals surface area contributed by atoms with Gasteiger partial charge in [0.25, 0.3) is 11.5 Å². The maximum absolute atomic E-state index is 15.6. The molecule has 0 aliphatic rings. The van der Waals surface area contributed by atoms with Crippen molar-refractivity contribution in [2.45, 2.75) is 39.3 Å². The highest BCUT2D eigenvalue weighted by Gasteiger charge is 2.21. The van der Waals surface area contributed by atoms with E-state index in [4.69, 9.17) is 14.6 Å². The van der Waals surface area contributed by atoms with Crippen LogP contribution in [0.25, 0.3) is 16.7 Å². The molecule has 0 saturated carbocycles. The van der Waals surface area contributed by atoms with Gasteiger partial charge in [-0.25, -0.2) is 18.4 Å². The van der Waals surface area contributed by atoms with Crippen molar-refractivity contribution in [3.05, 3.63) is 130 Å². The minimum absolute atomic E-state index is 0.0329. The summed E-state index contributed by atoms with van der Waals surface area (Å²) in [6.07, 6.45) is 3.15. The van der Waals surface area contributed by atoms with Crippen molar-refractivity contribution in [2.24, 2.45) is 0 Å². The van der Waals surface area contributed by atoms with Crippen LogP contribution in [0.2, 0.25) is 0 Å². The molecule has 13 heteroatoms. The Labute approximate surface area is 292 Å². The Bertz CT molecular complexity index is 2250. The summed E-state index contributed by atoms with van der Waals surface area (Å²) in [5.74, 6) is -0.768. The van der Waals surface area contributed by atoms with Crippen LogP contribution in [0.4, 0.5) is 20.3 Å². The van der Waals surface area contributed by atoms with Crippen molar-refractivity contribution in [1.82, 2.24) is 19.3 Å². The monoisotopic (exact) mass is 694 g/mol. The van der Waals surface area contributed by atoms with Crippen LogP contribution < -0.4 is 25.7 Å². The number of hydrogen-bond donors (Lipinski definition) is 3. The third-order valence-electron chi connectivity index (χ3n) is 8.21. The highest BCUT2D eigenvalue weighted by Crippen LogP contribution is 2.36. The van der Waals surface area contributed by atoms with E-state index in [0.29, 0.717) is 34.6 Å². The minimum atomic E-state index is -0.777. The number of aliphatic hydroxyl groups is 1. The first kappa shape index (κ1) is 34.8. The molecule has 6 rings (SSSR count). The van der Waals surface area contributed by atoms with Crippen LogP contribution in [0.1, 0.15) is 48.2 Å². The number of anilines is 2. The van der Waals surface area contributed by atoms with Gasteiger partial charge in [-0.05, 0) is 78.6 Å². The predicted molar refractivity (Wildman–Crippen MR) is 190 cm³/mol. The third-order valence-corrected chi connectivity index (χ3v) is 8.21. The molecule has 0 unspecified atom stereocenters. The third kappa shape index (κ3) is 7.58. The first-order chi connectivity index (χ1) is 24.5. The summed E-state index contributed by atoms with van der Waals surface area (Å²) in [7, 11) is 1.59. The second-order valence-corrected chi connectivity index (χ2v) is 12.3. The van der Waals surface area contributed by atoms with Crippen molar-refractivity contribution < 1.29 is 28.2 Å². The highest BCUT2D eigenvalue weighted by atomic mass is 19.1. The zero-order valence-corrected chi connectivity index (χ0v) is 28.4. The number of methoxy groups -OCH3 is 1. The molecule has 0 bridgehead atoms. The summed E-state index contributed by atoms with van der Waals surface area (Å²) in [6.45, 7) is 5.82. The Morgan fingerprint density at radius 1 is 0.961 bits per heavy atom. The number of amides is 1. The first-order valence-corrected chi connectivity index (χ1v) is 16.2. The molecule has 11 nitrogen and oxygen atoms in total. The fourth-order valence-corrected chi connectivity index (χ4v) is 5.40. The molecule has 262 valence electrons. The molecule has 3 heterocycles. The second-order valence-electron chi connectivity index (χ2n) is 12.3. The van der Waals surface area contributed by atoms with Gasteiger partial charge in [0.1, 0.15) is 28.3 Å². The molecule has 0 aliphatic heterocycles. The second kappa shape index (κ2) is 14.8. The van der Waals surface area contributed by atoms with Gasteiger partial charge in [-0.2, -0.15) is 5.10 Å². The van der Waals surface area contributed by atoms with Crippen molar-refractivity contribution in [1.29, 1.82) is 0 Å². The molecule has 0 aliphatic carbocycles. The van der Waals surface area contributed by atoms with Crippen molar-refractivity contribution in [3.8, 4) is 22.9 Å². The number of halogens is 2. The largest absolute Gasteiger partial charge is 0.497 e. The quantitative estimate of drug-likeness (QED) is 0.126. The van der Waals surface area contributed by atoms with Gasteiger partial charge in [-0.1, -0.05) is 26.0 Å². The lowest BCUT2D eigenvalue weighted by molar-refractivity contribution is 0.102. The number of carbonyl (C=O) groups is 1. The van der Waals surface area contributed by atoms with Crippen LogP contribution in [0.5, 0.6) is 17.2 Å². The van der Waals surface area contributed by atoms with Crippen molar-refractivity contribution in [3.63, 3.8) is 0 Å². The molecule has 0 saturated heterocycles. The Morgan fingerprint density at radius 2 is 1.71 bits per heavy atom. The molecule has 3 N–H and O–H groups in total. The van der Waals surface area contributed by atoms with Crippen LogP contribution in [0.3, 0.4) is 0 Å². The fourth-order valence-electron chi connectivity index (χ4n) is 5.40. The van der Waals surface area contributed by atoms with Crippen LogP contribution in [-0.2, 0) is 6.54 Å². The summed E-state index contributed by atoms with van der Waals surface area (Å²) in [4.78, 5) is 31.4. The van der Waals surface area contributed by atoms with Gasteiger partial charge in [0.05, 0.1) is 20.3 Å². The predicted octanol–water partition coefficient (Wildman–Crippen LogP) is 6.88. The Kier molecular flexibility index (Phi) is 10.1. The smallest absolute Gasteiger partial charge is 0.267 e. The van der Waals surface area contributed by atoms with Gasteiger partial charge in [0, 0.05) is 41.9 Å². The number of fused-ring (bicyclic) bond motifs is 1. The number of hydrogen-bond acceptors (Lipinski definition) is 8. The topological polar surface area (TPSA) is 133 Å². The molecule has 1 amide bonds. The van der Waals surface area contributed by atoms with E-state index in [1.165, 1.54) is 53.2 Å². The van der Waals surface area contributed by atoms with Gasteiger partial charge in [-0.15, -0.1) is 0 Å². The molecule has 3 aromatic heterocycles. The lowest BCUT2D eigenvalue weighted by atomic mass is 10.0. The van der Waals surface area contributed by atoms with Crippen LogP contribution in [0.15, 0.2) is 96.1 Å². The number of ether oxygens (including phenoxy) is 2. The lowest BCUT2D eigenvalue weighted by Gasteiger charge is -2.15. The van der Waals surface area contributed by atoms with Gasteiger partial charge in [0.15, 0.2) is 23.0 Å². The van der Waals surface area contributed by atoms with Gasteiger partial charge >= 0.3 is 0 Å². The molecular weight excluding hydrogens is 658 g/mol. The Hall–Kier alpha value is -6.08. The summed E-state index contributed by atoms with van der Waals surface area (Å²) in [5.41, 5.74) is 1.83. The Balaban J connectivity index is 1.28. The van der Waals surface area contributed by atoms with E-state index in [9.17, 15) is 19.1 Å². The minimum Gasteiger partial charge on any atom is -0.497 e. The number of benzene rings is 3. The van der Waals surface area contributed by atoms with E-state index >= 15 is 4.39 Å². The number of nitrogens with one attached hydrogen (secondary N) is 2. The first-order valence-electron chi connectivity index (χ1n) is 16.2. The van der Waals surface area contributed by atoms with E-state index in [1.807, 2.05) is 38.1 Å². The molecule has 51 heavy (non-hydrogen) atoms. The van der Waals surface area contributed by atoms with Crippen molar-refractivity contribution in [2.75, 3.05) is 24.4 Å². The molecule has 3 aromatic carbocycles. The van der Waals surface area contributed by atoms with Crippen LogP contribution in [-0.4, -0.2) is 50.1 Å². The molecule has 0 fully saturated rings. The van der Waals surface area contributed by atoms with Gasteiger partial charge in [0.2, 0.25) is 0 Å². The van der Waals surface area contributed by atoms with E-state index in [-0.39, 0.29) is 41.3 Å². The number of carbonyl (C=O) groups excluding carboxylic acids is 1. The van der Waals surface area contributed by atoms with Crippen LogP contribution in [0, 0.1) is 11.6 Å². The molecule has 0 spiro atoms. The summed E-state index contributed by atoms with van der Waals surface area (Å²) in [5, 5.41) is 20.7. The zero-order valence-electron chi connectivity index (χ0n) is 28.4. The number of rotatable bonds is 12. The number of nitrogens with zero attached hydrogens (tertiary/aromatic N) is 4. The van der Waals surface area contributed by atoms with Crippen molar-refractivity contribution >= 4 is 28.4 Å². The van der Waals surface area contributed by atoms with Gasteiger partial charge in [-0.3, -0.25) is 14.2 Å². The average Bonchev–Trinajstić information content (AvgIpc) is 3.47. The Morgan fingerprint density at radius 3 is 2.37 bits per heavy atom. The fraction of sp³-hybridized carbons (Fsp3) is 0.211. The zero-order chi connectivity index (χ0) is 36.2. The number of pyridine rings is 2. The molecule has 6 aromatic rings. The van der Waals surface area contributed by atoms with Gasteiger partial charge < -0.3 is 25.2 Å². The summed E-state index contributed by atoms with van der Waals surface area (Å²) >= 11 is 0. The maximum Gasteiger partial charge on any atom is 0.267 e. The average molecular weight is 695 g/mol. The summed E-state index contributed by atoms with van der Waals surface area (Å²) in [6, 6.07) is 19.5. The normalized spacial score (nSPS) is 11.8. The summed E-state index contributed by atoms with van der Waals surface area (Å²) < 4.78 is 43.5. The number of aliphatic hydroxyl groups excluding tert-OH is 1. The molecule has 1 atom stereocenters. The lowest BCUT2D eigenvalue weighted by Crippen LogP contribution is -2.29.